The first-order valence-corrected chi connectivity index (χ1v) is 8.32. The topological polar surface area (TPSA) is 60.2 Å². The zero-order chi connectivity index (χ0) is 18.0. The third-order valence-corrected chi connectivity index (χ3v) is 4.29. The van der Waals surface area contributed by atoms with Crippen LogP contribution < -0.4 is 4.74 Å². The fourth-order valence-electron chi connectivity index (χ4n) is 2.76. The van der Waals surface area contributed by atoms with Crippen LogP contribution in [0.2, 0.25) is 5.02 Å². The fraction of sp³-hybridized carbons (Fsp3) is 0.278. The molecule has 0 radical (unpaired) electrons. The fourth-order valence-corrected chi connectivity index (χ4v) is 2.95. The molecule has 3 rings (SSSR count). The van der Waals surface area contributed by atoms with Gasteiger partial charge in [-0.3, -0.25) is 4.79 Å². The molecule has 0 fully saturated rings. The summed E-state index contributed by atoms with van der Waals surface area (Å²) in [5.41, 5.74) is 3.04. The second kappa shape index (κ2) is 7.11. The predicted octanol–water partition coefficient (Wildman–Crippen LogP) is 3.39. The molecule has 0 atom stereocenters. The summed E-state index contributed by atoms with van der Waals surface area (Å²) in [6.45, 7) is 3.12. The molecule has 0 aliphatic rings. The van der Waals surface area contributed by atoms with E-state index >= 15 is 0 Å². The van der Waals surface area contributed by atoms with Crippen molar-refractivity contribution in [3.63, 3.8) is 0 Å². The van der Waals surface area contributed by atoms with E-state index in [2.05, 4.69) is 10.3 Å². The van der Waals surface area contributed by atoms with E-state index in [0.29, 0.717) is 28.4 Å². The summed E-state index contributed by atoms with van der Waals surface area (Å²) in [5.74, 6) is 0.598. The highest BCUT2D eigenvalue weighted by Crippen LogP contribution is 2.24. The lowest BCUT2D eigenvalue weighted by molar-refractivity contribution is 0.0784. The number of methoxy groups -OCH3 is 1. The van der Waals surface area contributed by atoms with Gasteiger partial charge in [0.15, 0.2) is 0 Å². The van der Waals surface area contributed by atoms with E-state index in [0.717, 1.165) is 17.6 Å². The highest BCUT2D eigenvalue weighted by atomic mass is 35.5. The van der Waals surface area contributed by atoms with Crippen molar-refractivity contribution in [2.45, 2.75) is 20.0 Å². The summed E-state index contributed by atoms with van der Waals surface area (Å²) in [5, 5.41) is 8.80. The normalized spacial score (nSPS) is 10.9. The summed E-state index contributed by atoms with van der Waals surface area (Å²) in [6.07, 6.45) is 0. The second-order valence-electron chi connectivity index (χ2n) is 5.73. The molecule has 3 aromatic rings. The minimum atomic E-state index is -0.102. The van der Waals surface area contributed by atoms with Crippen LogP contribution in [0.3, 0.4) is 0 Å². The smallest absolute Gasteiger partial charge is 0.253 e. The number of aryl methyl sites for hydroxylation is 1. The van der Waals surface area contributed by atoms with Gasteiger partial charge in [-0.05, 0) is 43.3 Å². The molecular formula is C18H19ClN4O2. The van der Waals surface area contributed by atoms with Crippen LogP contribution in [-0.2, 0) is 13.1 Å². The minimum absolute atomic E-state index is 0.102. The van der Waals surface area contributed by atoms with E-state index in [1.807, 2.05) is 13.0 Å². The van der Waals surface area contributed by atoms with Crippen molar-refractivity contribution in [1.82, 2.24) is 19.9 Å². The molecule has 6 nitrogen and oxygen atoms in total. The maximum atomic E-state index is 12.8. The van der Waals surface area contributed by atoms with Crippen molar-refractivity contribution in [3.8, 4) is 5.75 Å². The zero-order valence-corrected chi connectivity index (χ0v) is 15.1. The lowest BCUT2D eigenvalue weighted by atomic mass is 10.1. The monoisotopic (exact) mass is 358 g/mol. The molecule has 25 heavy (non-hydrogen) atoms. The van der Waals surface area contributed by atoms with Crippen molar-refractivity contribution < 1.29 is 9.53 Å². The number of fused-ring (bicyclic) bond motifs is 1. The number of carbonyl (C=O) groups is 1. The molecule has 0 saturated heterocycles. The van der Waals surface area contributed by atoms with Crippen molar-refractivity contribution in [1.29, 1.82) is 0 Å². The van der Waals surface area contributed by atoms with Gasteiger partial charge in [0.2, 0.25) is 0 Å². The molecule has 7 heteroatoms. The van der Waals surface area contributed by atoms with Gasteiger partial charge in [0, 0.05) is 36.3 Å². The van der Waals surface area contributed by atoms with Crippen LogP contribution in [0, 0.1) is 0 Å². The Morgan fingerprint density at radius 2 is 2.08 bits per heavy atom. The molecule has 2 aromatic carbocycles. The Kier molecular flexibility index (Phi) is 4.90. The van der Waals surface area contributed by atoms with E-state index in [1.54, 1.807) is 54.1 Å². The van der Waals surface area contributed by atoms with E-state index < -0.39 is 0 Å². The zero-order valence-electron chi connectivity index (χ0n) is 14.4. The number of halogens is 1. The van der Waals surface area contributed by atoms with Gasteiger partial charge in [-0.1, -0.05) is 16.8 Å². The Morgan fingerprint density at radius 1 is 1.28 bits per heavy atom. The predicted molar refractivity (Wildman–Crippen MR) is 97.0 cm³/mol. The Morgan fingerprint density at radius 3 is 2.80 bits per heavy atom. The number of carbonyl (C=O) groups excluding carboxylic acids is 1. The Bertz CT molecular complexity index is 923. The lowest BCUT2D eigenvalue weighted by Crippen LogP contribution is -2.26. The number of hydrogen-bond donors (Lipinski definition) is 0. The van der Waals surface area contributed by atoms with Crippen molar-refractivity contribution in [2.24, 2.45) is 0 Å². The number of aromatic nitrogens is 3. The van der Waals surface area contributed by atoms with Crippen LogP contribution in [0.1, 0.15) is 22.8 Å². The molecule has 0 aliphatic carbocycles. The number of benzene rings is 2. The second-order valence-corrected chi connectivity index (χ2v) is 6.16. The quantitative estimate of drug-likeness (QED) is 0.701. The Labute approximate surface area is 150 Å². The third kappa shape index (κ3) is 3.44. The van der Waals surface area contributed by atoms with Crippen LogP contribution in [0.15, 0.2) is 36.4 Å². The van der Waals surface area contributed by atoms with Crippen LogP contribution in [0.4, 0.5) is 0 Å². The molecule has 0 bridgehead atoms. The third-order valence-electron chi connectivity index (χ3n) is 4.06. The van der Waals surface area contributed by atoms with Crippen LogP contribution in [0.5, 0.6) is 5.75 Å². The first-order chi connectivity index (χ1) is 12.0. The first-order valence-electron chi connectivity index (χ1n) is 7.94. The summed E-state index contributed by atoms with van der Waals surface area (Å²) < 4.78 is 7.14. The molecule has 130 valence electrons. The summed E-state index contributed by atoms with van der Waals surface area (Å²) in [4.78, 5) is 14.4. The Balaban J connectivity index is 1.84. The molecule has 0 unspecified atom stereocenters. The molecule has 0 saturated carbocycles. The highest BCUT2D eigenvalue weighted by molar-refractivity contribution is 6.30. The standard InChI is InChI=1S/C18H19ClN4O2/c1-4-23-16-7-5-12(10-15(16)20-21-23)18(24)22(2)11-13-9-14(19)6-8-17(13)25-3/h5-10H,4,11H2,1-3H3. The van der Waals surface area contributed by atoms with E-state index in [9.17, 15) is 4.79 Å². The van der Waals surface area contributed by atoms with Gasteiger partial charge >= 0.3 is 0 Å². The number of rotatable bonds is 5. The molecular weight excluding hydrogens is 340 g/mol. The van der Waals surface area contributed by atoms with Gasteiger partial charge in [-0.25, -0.2) is 4.68 Å². The lowest BCUT2D eigenvalue weighted by Gasteiger charge is -2.19. The van der Waals surface area contributed by atoms with Crippen LogP contribution in [0.25, 0.3) is 11.0 Å². The van der Waals surface area contributed by atoms with Crippen LogP contribution in [-0.4, -0.2) is 40.0 Å². The summed E-state index contributed by atoms with van der Waals surface area (Å²) in [7, 11) is 3.34. The minimum Gasteiger partial charge on any atom is -0.496 e. The van der Waals surface area contributed by atoms with Gasteiger partial charge in [-0.2, -0.15) is 0 Å². The molecule has 1 aromatic heterocycles. The van der Waals surface area contributed by atoms with Gasteiger partial charge in [-0.15, -0.1) is 5.10 Å². The maximum absolute atomic E-state index is 12.8. The number of amides is 1. The SMILES string of the molecule is CCn1nnc2cc(C(=O)N(C)Cc3cc(Cl)ccc3OC)ccc21. The summed E-state index contributed by atoms with van der Waals surface area (Å²) >= 11 is 6.06. The average molecular weight is 359 g/mol. The number of nitrogens with zero attached hydrogens (tertiary/aromatic N) is 4. The van der Waals surface area contributed by atoms with Crippen LogP contribution >= 0.6 is 11.6 Å². The highest BCUT2D eigenvalue weighted by Gasteiger charge is 2.16. The number of hydrogen-bond acceptors (Lipinski definition) is 4. The first kappa shape index (κ1) is 17.2. The van der Waals surface area contributed by atoms with Crippen molar-refractivity contribution >= 4 is 28.5 Å². The van der Waals surface area contributed by atoms with E-state index in [1.165, 1.54) is 0 Å². The largest absolute Gasteiger partial charge is 0.496 e. The summed E-state index contributed by atoms with van der Waals surface area (Å²) in [6, 6.07) is 10.8. The van der Waals surface area contributed by atoms with E-state index in [-0.39, 0.29) is 5.91 Å². The van der Waals surface area contributed by atoms with Gasteiger partial charge in [0.05, 0.1) is 12.6 Å². The average Bonchev–Trinajstić information content (AvgIpc) is 3.03. The maximum Gasteiger partial charge on any atom is 0.253 e. The molecule has 0 aliphatic heterocycles. The van der Waals surface area contributed by atoms with Gasteiger partial charge < -0.3 is 9.64 Å². The van der Waals surface area contributed by atoms with E-state index in [4.69, 9.17) is 16.3 Å². The number of ether oxygens (including phenoxy) is 1. The molecule has 1 amide bonds. The van der Waals surface area contributed by atoms with Gasteiger partial charge in [0.25, 0.3) is 5.91 Å². The van der Waals surface area contributed by atoms with Crippen molar-refractivity contribution in [2.75, 3.05) is 14.2 Å². The molecule has 1 heterocycles. The Hall–Kier alpha value is -2.60. The van der Waals surface area contributed by atoms with Crippen molar-refractivity contribution in [3.05, 3.63) is 52.5 Å². The van der Waals surface area contributed by atoms with Gasteiger partial charge in [0.1, 0.15) is 11.3 Å². The molecule has 0 N–H and O–H groups in total. The molecule has 0 spiro atoms.